The van der Waals surface area contributed by atoms with E-state index in [9.17, 15) is 19.5 Å². The molecule has 0 radical (unpaired) electrons. The zero-order chi connectivity index (χ0) is 24.8. The zero-order valence-corrected chi connectivity index (χ0v) is 21.6. The first-order valence-corrected chi connectivity index (χ1v) is 13.2. The number of thioether (sulfide) groups is 1. The van der Waals surface area contributed by atoms with E-state index in [1.807, 2.05) is 20.8 Å². The lowest BCUT2D eigenvalue weighted by atomic mass is 9.66. The summed E-state index contributed by atoms with van der Waals surface area (Å²) in [5, 5.41) is 13.7. The summed E-state index contributed by atoms with van der Waals surface area (Å²) in [6.45, 7) is 7.70. The molecule has 3 aliphatic heterocycles. The predicted molar refractivity (Wildman–Crippen MR) is 133 cm³/mol. The van der Waals surface area contributed by atoms with Crippen LogP contribution in [-0.4, -0.2) is 62.6 Å². The number of nitrogens with one attached hydrogen (secondary N) is 1. The summed E-state index contributed by atoms with van der Waals surface area (Å²) in [6.07, 6.45) is 2.08. The molecule has 2 bridgehead atoms. The van der Waals surface area contributed by atoms with Crippen molar-refractivity contribution in [2.75, 3.05) is 18.5 Å². The van der Waals surface area contributed by atoms with Gasteiger partial charge in [0.05, 0.1) is 46.5 Å². The number of anilines is 1. The van der Waals surface area contributed by atoms with E-state index >= 15 is 0 Å². The van der Waals surface area contributed by atoms with Gasteiger partial charge >= 0.3 is 5.97 Å². The van der Waals surface area contributed by atoms with Gasteiger partial charge in [-0.1, -0.05) is 44.0 Å². The highest BCUT2D eigenvalue weighted by atomic mass is 35.5. The average Bonchev–Trinajstić information content (AvgIpc) is 3.37. The van der Waals surface area contributed by atoms with Crippen molar-refractivity contribution in [2.45, 2.75) is 68.5 Å². The molecule has 3 saturated heterocycles. The van der Waals surface area contributed by atoms with Crippen molar-refractivity contribution in [3.05, 3.63) is 29.3 Å². The van der Waals surface area contributed by atoms with Crippen molar-refractivity contribution in [1.29, 1.82) is 0 Å². The predicted octanol–water partition coefficient (Wildman–Crippen LogP) is 3.73. The smallest absolute Gasteiger partial charge is 0.311 e. The first-order valence-electron chi connectivity index (χ1n) is 12.0. The normalized spacial score (nSPS) is 33.5. The number of halogens is 1. The van der Waals surface area contributed by atoms with E-state index < -0.39 is 33.4 Å². The second-order valence-electron chi connectivity index (χ2n) is 9.83. The Morgan fingerprint density at radius 3 is 2.65 bits per heavy atom. The molecule has 2 amide bonds. The summed E-state index contributed by atoms with van der Waals surface area (Å²) in [6, 6.07) is 5.61. The number of hydrogen-bond donors (Lipinski definition) is 2. The van der Waals surface area contributed by atoms with Gasteiger partial charge in [-0.25, -0.2) is 0 Å². The van der Waals surface area contributed by atoms with Crippen LogP contribution in [0.3, 0.4) is 0 Å². The summed E-state index contributed by atoms with van der Waals surface area (Å²) in [5.74, 6) is -2.29. The topological polar surface area (TPSA) is 95.9 Å². The van der Waals surface area contributed by atoms with Gasteiger partial charge in [-0.05, 0) is 44.7 Å². The Morgan fingerprint density at radius 2 is 2.03 bits per heavy atom. The Morgan fingerprint density at radius 1 is 1.32 bits per heavy atom. The van der Waals surface area contributed by atoms with E-state index in [0.717, 1.165) is 6.42 Å². The Labute approximate surface area is 209 Å². The SMILES string of the molecule is CCOC(=O)[C@H]1[C@H]2C(=O)N([C@@H](CO)[C@@H](C)CC)C(C(=O)Nc3ccccc3Cl)C23CC[C@]1(C)S3. The van der Waals surface area contributed by atoms with Crippen LogP contribution < -0.4 is 5.32 Å². The maximum absolute atomic E-state index is 14.1. The van der Waals surface area contributed by atoms with Crippen LogP contribution in [-0.2, 0) is 19.1 Å². The Bertz CT molecular complexity index is 992. The van der Waals surface area contributed by atoms with Crippen molar-refractivity contribution in [3.63, 3.8) is 0 Å². The minimum Gasteiger partial charge on any atom is -0.466 e. The monoisotopic (exact) mass is 508 g/mol. The molecule has 1 aromatic carbocycles. The molecule has 0 saturated carbocycles. The second kappa shape index (κ2) is 9.36. The number of esters is 1. The second-order valence-corrected chi connectivity index (χ2v) is 12.1. The minimum absolute atomic E-state index is 0.0291. The summed E-state index contributed by atoms with van der Waals surface area (Å²) >= 11 is 7.89. The first-order chi connectivity index (χ1) is 16.1. The van der Waals surface area contributed by atoms with E-state index in [4.69, 9.17) is 16.3 Å². The van der Waals surface area contributed by atoms with Crippen LogP contribution in [0.15, 0.2) is 24.3 Å². The number of carbonyl (C=O) groups excluding carboxylic acids is 3. The number of hydrogen-bond acceptors (Lipinski definition) is 6. The molecule has 0 aliphatic carbocycles. The van der Waals surface area contributed by atoms with Gasteiger partial charge in [0.1, 0.15) is 6.04 Å². The molecule has 3 heterocycles. The number of amides is 2. The van der Waals surface area contributed by atoms with E-state index in [0.29, 0.717) is 23.6 Å². The molecule has 1 spiro atoms. The van der Waals surface area contributed by atoms with Gasteiger partial charge in [-0.3, -0.25) is 14.4 Å². The first kappa shape index (κ1) is 25.3. The molecule has 1 aromatic rings. The molecule has 2 unspecified atom stereocenters. The van der Waals surface area contributed by atoms with Crippen molar-refractivity contribution in [1.82, 2.24) is 4.90 Å². The van der Waals surface area contributed by atoms with Crippen LogP contribution in [0.2, 0.25) is 5.02 Å². The van der Waals surface area contributed by atoms with Crippen molar-refractivity contribution in [2.24, 2.45) is 17.8 Å². The number of aliphatic hydroxyl groups is 1. The lowest BCUT2D eigenvalue weighted by Crippen LogP contribution is -2.56. The fourth-order valence-corrected chi connectivity index (χ4v) is 8.70. The summed E-state index contributed by atoms with van der Waals surface area (Å²) in [7, 11) is 0. The van der Waals surface area contributed by atoms with E-state index in [-0.39, 0.29) is 36.9 Å². The molecule has 2 N–H and O–H groups in total. The van der Waals surface area contributed by atoms with Gasteiger partial charge in [-0.2, -0.15) is 0 Å². The summed E-state index contributed by atoms with van der Waals surface area (Å²) in [4.78, 5) is 42.7. The van der Waals surface area contributed by atoms with Gasteiger partial charge < -0.3 is 20.1 Å². The molecule has 0 aromatic heterocycles. The number of benzene rings is 1. The number of ether oxygens (including phenoxy) is 1. The average molecular weight is 509 g/mol. The Hall–Kier alpha value is -1.77. The fraction of sp³-hybridized carbons (Fsp3) is 0.640. The standard InChI is InChI=1S/C25H33ClN2O5S/c1-5-14(3)17(13-29)28-20(21(30)27-16-10-8-7-9-15(16)26)25-12-11-24(4,34-25)19(18(25)22(28)31)23(32)33-6-2/h7-10,14,17-20,29H,5-6,11-13H2,1-4H3,(H,27,30)/t14-,17-,18-,19+,20?,24-,25?/m0/s1. The number of para-hydroxylation sites is 1. The largest absolute Gasteiger partial charge is 0.466 e. The van der Waals surface area contributed by atoms with Crippen LogP contribution in [0, 0.1) is 17.8 Å². The lowest BCUT2D eigenvalue weighted by molar-refractivity contribution is -0.155. The quantitative estimate of drug-likeness (QED) is 0.519. The molecule has 7 nitrogen and oxygen atoms in total. The summed E-state index contributed by atoms with van der Waals surface area (Å²) in [5.41, 5.74) is 0.469. The molecule has 9 heteroatoms. The molecule has 3 aliphatic rings. The zero-order valence-electron chi connectivity index (χ0n) is 20.0. The molecule has 34 heavy (non-hydrogen) atoms. The number of fused-ring (bicyclic) bond motifs is 1. The van der Waals surface area contributed by atoms with Gasteiger partial charge in [0.15, 0.2) is 0 Å². The molecule has 7 atom stereocenters. The number of rotatable bonds is 8. The third-order valence-electron chi connectivity index (χ3n) is 7.98. The number of aliphatic hydroxyl groups excluding tert-OH is 1. The van der Waals surface area contributed by atoms with Crippen LogP contribution in [0.5, 0.6) is 0 Å². The fourth-order valence-electron chi connectivity index (χ4n) is 6.19. The van der Waals surface area contributed by atoms with Crippen LogP contribution in [0.1, 0.15) is 47.0 Å². The van der Waals surface area contributed by atoms with Gasteiger partial charge in [-0.15, -0.1) is 11.8 Å². The maximum atomic E-state index is 14.1. The van der Waals surface area contributed by atoms with Gasteiger partial charge in [0.25, 0.3) is 0 Å². The third-order valence-corrected chi connectivity index (χ3v) is 10.3. The lowest BCUT2D eigenvalue weighted by Gasteiger charge is -2.39. The van der Waals surface area contributed by atoms with E-state index in [1.165, 1.54) is 0 Å². The van der Waals surface area contributed by atoms with Crippen molar-refractivity contribution in [3.8, 4) is 0 Å². The molecular formula is C25H33ClN2O5S. The third kappa shape index (κ3) is 3.73. The highest BCUT2D eigenvalue weighted by molar-refractivity contribution is 8.02. The number of likely N-dealkylation sites (tertiary alicyclic amines) is 1. The molecular weight excluding hydrogens is 476 g/mol. The molecule has 186 valence electrons. The Kier molecular flexibility index (Phi) is 6.97. The maximum Gasteiger partial charge on any atom is 0.311 e. The Balaban J connectivity index is 1.81. The van der Waals surface area contributed by atoms with E-state index in [1.54, 1.807) is 47.9 Å². The van der Waals surface area contributed by atoms with Crippen LogP contribution >= 0.6 is 23.4 Å². The van der Waals surface area contributed by atoms with Crippen molar-refractivity contribution < 1.29 is 24.2 Å². The van der Waals surface area contributed by atoms with Gasteiger partial charge in [0, 0.05) is 4.75 Å². The summed E-state index contributed by atoms with van der Waals surface area (Å²) < 4.78 is 4.16. The number of carbonyl (C=O) groups is 3. The van der Waals surface area contributed by atoms with Gasteiger partial charge in [0.2, 0.25) is 11.8 Å². The van der Waals surface area contributed by atoms with E-state index in [2.05, 4.69) is 5.32 Å². The number of nitrogens with zero attached hydrogens (tertiary/aromatic N) is 1. The van der Waals surface area contributed by atoms with Crippen LogP contribution in [0.4, 0.5) is 5.69 Å². The molecule has 4 rings (SSSR count). The molecule has 3 fully saturated rings. The minimum atomic E-state index is -0.835. The highest BCUT2D eigenvalue weighted by Crippen LogP contribution is 2.71. The highest BCUT2D eigenvalue weighted by Gasteiger charge is 2.78. The van der Waals surface area contributed by atoms with Crippen LogP contribution in [0.25, 0.3) is 0 Å². The van der Waals surface area contributed by atoms with Crippen molar-refractivity contribution >= 4 is 46.8 Å².